The topological polar surface area (TPSA) is 17.1 Å². The summed E-state index contributed by atoms with van der Waals surface area (Å²) in [6.07, 6.45) is 12.1. The van der Waals surface area contributed by atoms with E-state index in [1.54, 1.807) is 3.59 Å². The summed E-state index contributed by atoms with van der Waals surface area (Å²) in [7, 11) is 0. The SMILES string of the molecule is CCC[CH2][Sn]([CH2]CCC)([CH2]CCC)/[C](=C\C=O)CC. The molecule has 0 unspecified atom stereocenters. The minimum atomic E-state index is -2.24. The molecule has 0 aromatic heterocycles. The summed E-state index contributed by atoms with van der Waals surface area (Å²) in [6, 6.07) is 0. The minimum absolute atomic E-state index is 1.05. The molecule has 0 aliphatic carbocycles. The van der Waals surface area contributed by atoms with Gasteiger partial charge in [0.1, 0.15) is 0 Å². The number of aldehydes is 1. The first-order valence-electron chi connectivity index (χ1n) is 8.35. The fourth-order valence-corrected chi connectivity index (χ4v) is 20.2. The third-order valence-corrected chi connectivity index (χ3v) is 21.0. The molecule has 112 valence electrons. The summed E-state index contributed by atoms with van der Waals surface area (Å²) in [5.41, 5.74) is 0. The predicted molar refractivity (Wildman–Crippen MR) is 89.3 cm³/mol. The van der Waals surface area contributed by atoms with E-state index in [0.29, 0.717) is 0 Å². The van der Waals surface area contributed by atoms with E-state index >= 15 is 0 Å². The zero-order valence-electron chi connectivity index (χ0n) is 13.6. The molecular formula is C17H34OSn. The molecule has 0 atom stereocenters. The van der Waals surface area contributed by atoms with Gasteiger partial charge < -0.3 is 0 Å². The first-order valence-corrected chi connectivity index (χ1v) is 15.8. The fourth-order valence-electron chi connectivity index (χ4n) is 3.15. The van der Waals surface area contributed by atoms with E-state index in [9.17, 15) is 4.79 Å². The second-order valence-corrected chi connectivity index (χ2v) is 19.2. The molecule has 0 heterocycles. The van der Waals surface area contributed by atoms with Gasteiger partial charge in [-0.25, -0.2) is 0 Å². The number of allylic oxidation sites excluding steroid dienone is 2. The summed E-state index contributed by atoms with van der Waals surface area (Å²) in [6.45, 7) is 9.15. The van der Waals surface area contributed by atoms with Gasteiger partial charge in [-0.2, -0.15) is 0 Å². The van der Waals surface area contributed by atoms with Crippen molar-refractivity contribution in [3.8, 4) is 0 Å². The zero-order chi connectivity index (χ0) is 14.6. The van der Waals surface area contributed by atoms with Crippen LogP contribution in [0.2, 0.25) is 13.3 Å². The average Bonchev–Trinajstić information content (AvgIpc) is 2.44. The second kappa shape index (κ2) is 12.0. The Morgan fingerprint density at radius 3 is 1.53 bits per heavy atom. The van der Waals surface area contributed by atoms with Crippen LogP contribution >= 0.6 is 0 Å². The molecule has 0 spiro atoms. The Morgan fingerprint density at radius 1 is 0.842 bits per heavy atom. The van der Waals surface area contributed by atoms with Crippen molar-refractivity contribution in [2.24, 2.45) is 0 Å². The van der Waals surface area contributed by atoms with Crippen molar-refractivity contribution in [2.45, 2.75) is 86.0 Å². The van der Waals surface area contributed by atoms with Crippen molar-refractivity contribution >= 4 is 24.7 Å². The van der Waals surface area contributed by atoms with E-state index < -0.39 is 18.4 Å². The number of hydrogen-bond donors (Lipinski definition) is 0. The van der Waals surface area contributed by atoms with Crippen molar-refractivity contribution in [3.63, 3.8) is 0 Å². The van der Waals surface area contributed by atoms with Gasteiger partial charge in [-0.1, -0.05) is 0 Å². The molecule has 0 fully saturated rings. The van der Waals surface area contributed by atoms with E-state index in [1.165, 1.54) is 51.8 Å². The monoisotopic (exact) mass is 374 g/mol. The van der Waals surface area contributed by atoms with Crippen LogP contribution in [0.3, 0.4) is 0 Å². The van der Waals surface area contributed by atoms with Gasteiger partial charge in [0.25, 0.3) is 0 Å². The van der Waals surface area contributed by atoms with E-state index in [1.807, 2.05) is 6.08 Å². The molecule has 0 aromatic carbocycles. The summed E-state index contributed by atoms with van der Waals surface area (Å²) < 4.78 is 6.02. The number of unbranched alkanes of at least 4 members (excludes halogenated alkanes) is 3. The van der Waals surface area contributed by atoms with Gasteiger partial charge in [-0.05, 0) is 0 Å². The van der Waals surface area contributed by atoms with Gasteiger partial charge in [0.05, 0.1) is 0 Å². The van der Waals surface area contributed by atoms with Crippen LogP contribution in [0.4, 0.5) is 0 Å². The van der Waals surface area contributed by atoms with E-state index in [4.69, 9.17) is 0 Å². The standard InChI is InChI=1S/C5H7O.3C4H9.Sn/c1-2-3-4-5-6;3*1-3-4-2;/h4-5H,2H2,1H3;3*1,3-4H2,2H3;. The molecule has 0 saturated carbocycles. The molecule has 0 aliphatic rings. The van der Waals surface area contributed by atoms with E-state index in [-0.39, 0.29) is 0 Å². The molecular weight excluding hydrogens is 339 g/mol. The van der Waals surface area contributed by atoms with Crippen LogP contribution in [0, 0.1) is 0 Å². The maximum absolute atomic E-state index is 11.0. The Balaban J connectivity index is 5.16. The van der Waals surface area contributed by atoms with Crippen LogP contribution in [0.15, 0.2) is 9.67 Å². The Kier molecular flexibility index (Phi) is 12.1. The summed E-state index contributed by atoms with van der Waals surface area (Å²) in [5, 5.41) is 0. The van der Waals surface area contributed by atoms with Gasteiger partial charge in [-0.15, -0.1) is 0 Å². The normalized spacial score (nSPS) is 12.7. The first-order chi connectivity index (χ1) is 9.20. The van der Waals surface area contributed by atoms with Gasteiger partial charge in [-0.3, -0.25) is 0 Å². The van der Waals surface area contributed by atoms with Crippen LogP contribution in [-0.2, 0) is 4.79 Å². The Hall–Kier alpha value is 0.209. The second-order valence-electron chi connectivity index (χ2n) is 5.77. The van der Waals surface area contributed by atoms with Crippen LogP contribution in [0.25, 0.3) is 0 Å². The zero-order valence-corrected chi connectivity index (χ0v) is 16.5. The third kappa shape index (κ3) is 6.96. The molecule has 0 aliphatic heterocycles. The van der Waals surface area contributed by atoms with Crippen molar-refractivity contribution in [1.29, 1.82) is 0 Å². The first kappa shape index (κ1) is 19.2. The van der Waals surface area contributed by atoms with Crippen LogP contribution in [-0.4, -0.2) is 24.7 Å². The Morgan fingerprint density at radius 2 is 1.26 bits per heavy atom. The number of carbonyl (C=O) groups is 1. The van der Waals surface area contributed by atoms with Gasteiger partial charge in [0.2, 0.25) is 0 Å². The van der Waals surface area contributed by atoms with E-state index in [2.05, 4.69) is 27.7 Å². The van der Waals surface area contributed by atoms with Gasteiger partial charge >= 0.3 is 125 Å². The van der Waals surface area contributed by atoms with Gasteiger partial charge in [0.15, 0.2) is 0 Å². The third-order valence-electron chi connectivity index (χ3n) is 4.36. The molecule has 0 saturated heterocycles. The van der Waals surface area contributed by atoms with Crippen LogP contribution < -0.4 is 0 Å². The fraction of sp³-hybridized carbons (Fsp3) is 0.824. The van der Waals surface area contributed by atoms with E-state index in [0.717, 1.165) is 12.7 Å². The number of hydrogen-bond acceptors (Lipinski definition) is 1. The molecule has 1 nitrogen and oxygen atoms in total. The molecule has 0 aromatic rings. The summed E-state index contributed by atoms with van der Waals surface area (Å²) in [4.78, 5) is 11.0. The molecule has 0 amide bonds. The predicted octanol–water partition coefficient (Wildman–Crippen LogP) is 5.91. The molecule has 19 heavy (non-hydrogen) atoms. The molecule has 0 bridgehead atoms. The molecule has 0 N–H and O–H groups in total. The summed E-state index contributed by atoms with van der Waals surface area (Å²) in [5.74, 6) is 0. The quantitative estimate of drug-likeness (QED) is 0.236. The molecule has 0 radical (unpaired) electrons. The van der Waals surface area contributed by atoms with Crippen molar-refractivity contribution in [1.82, 2.24) is 0 Å². The van der Waals surface area contributed by atoms with Crippen molar-refractivity contribution in [2.75, 3.05) is 0 Å². The van der Waals surface area contributed by atoms with Crippen LogP contribution in [0.1, 0.15) is 72.6 Å². The Labute approximate surface area is 125 Å². The number of rotatable bonds is 12. The molecule has 2 heteroatoms. The van der Waals surface area contributed by atoms with Gasteiger partial charge in [0, 0.05) is 0 Å². The molecule has 0 rings (SSSR count). The average molecular weight is 373 g/mol. The number of carbonyl (C=O) groups excluding carboxylic acids is 1. The maximum atomic E-state index is 11.0. The summed E-state index contributed by atoms with van der Waals surface area (Å²) >= 11 is -2.24. The van der Waals surface area contributed by atoms with Crippen LogP contribution in [0.5, 0.6) is 0 Å². The Bertz CT molecular complexity index is 236. The van der Waals surface area contributed by atoms with Crippen molar-refractivity contribution in [3.05, 3.63) is 9.67 Å². The van der Waals surface area contributed by atoms with Crippen molar-refractivity contribution < 1.29 is 4.79 Å².